The molecule has 0 bridgehead atoms. The molecule has 0 saturated carbocycles. The predicted octanol–water partition coefficient (Wildman–Crippen LogP) is 6.47. The predicted molar refractivity (Wildman–Crippen MR) is 145 cm³/mol. The molecule has 4 rings (SSSR count). The van der Waals surface area contributed by atoms with Gasteiger partial charge in [-0.15, -0.1) is 22.0 Å². The van der Waals surface area contributed by atoms with E-state index in [9.17, 15) is 9.59 Å². The molecule has 0 unspecified atom stereocenters. The van der Waals surface area contributed by atoms with Crippen LogP contribution in [0.5, 0.6) is 0 Å². The van der Waals surface area contributed by atoms with E-state index in [1.54, 1.807) is 30.0 Å². The second kappa shape index (κ2) is 12.3. The molecule has 1 aromatic heterocycles. The van der Waals surface area contributed by atoms with E-state index >= 15 is 0 Å². The zero-order chi connectivity index (χ0) is 24.6. The van der Waals surface area contributed by atoms with Gasteiger partial charge in [0.05, 0.1) is 5.56 Å². The minimum absolute atomic E-state index is 0.156. The molecule has 1 heterocycles. The Hall–Kier alpha value is -2.72. The molecule has 0 radical (unpaired) electrons. The van der Waals surface area contributed by atoms with Crippen molar-refractivity contribution in [1.29, 1.82) is 0 Å². The number of aromatic nitrogens is 2. The zero-order valence-corrected chi connectivity index (χ0v) is 22.3. The van der Waals surface area contributed by atoms with Gasteiger partial charge in [0.15, 0.2) is 0 Å². The van der Waals surface area contributed by atoms with Crippen molar-refractivity contribution in [3.8, 4) is 0 Å². The normalized spacial score (nSPS) is 10.7. The summed E-state index contributed by atoms with van der Waals surface area (Å²) >= 11 is 12.2. The van der Waals surface area contributed by atoms with E-state index < -0.39 is 0 Å². The number of hydrogen-bond donors (Lipinski definition) is 2. The molecule has 2 N–H and O–H groups in total. The Morgan fingerprint density at radius 2 is 1.77 bits per heavy atom. The van der Waals surface area contributed by atoms with Crippen LogP contribution in [0.4, 0.5) is 5.13 Å². The van der Waals surface area contributed by atoms with Crippen molar-refractivity contribution in [3.63, 3.8) is 0 Å². The Labute approximate surface area is 224 Å². The third kappa shape index (κ3) is 7.38. The second-order valence-corrected chi connectivity index (χ2v) is 10.8. The number of anilines is 1. The number of halogens is 2. The van der Waals surface area contributed by atoms with Crippen LogP contribution in [0.15, 0.2) is 82.2 Å². The van der Waals surface area contributed by atoms with E-state index in [4.69, 9.17) is 11.6 Å². The van der Waals surface area contributed by atoms with Crippen LogP contribution in [0, 0.1) is 0 Å². The summed E-state index contributed by atoms with van der Waals surface area (Å²) < 4.78 is 0.847. The minimum Gasteiger partial charge on any atom is -0.352 e. The van der Waals surface area contributed by atoms with Crippen molar-refractivity contribution < 1.29 is 9.59 Å². The monoisotopic (exact) mass is 586 g/mol. The molecule has 4 aromatic rings. The molecule has 0 aliphatic rings. The number of amides is 2. The standard InChI is InChI=1S/C25H20BrClN4O2S2/c26-18-5-3-4-17(14-18)23(32)28-13-12-22-30-31-25(35-22)29-24(33)20-6-1-2-7-21(20)34-15-16-8-10-19(27)11-9-16/h1-11,14H,12-13,15H2,(H,28,32)(H,29,31,33). The largest absolute Gasteiger partial charge is 0.352 e. The zero-order valence-electron chi connectivity index (χ0n) is 18.3. The van der Waals surface area contributed by atoms with Crippen molar-refractivity contribution in [1.82, 2.24) is 15.5 Å². The van der Waals surface area contributed by atoms with Crippen molar-refractivity contribution in [2.75, 3.05) is 11.9 Å². The summed E-state index contributed by atoms with van der Waals surface area (Å²) in [4.78, 5) is 26.1. The van der Waals surface area contributed by atoms with Gasteiger partial charge in [0, 0.05) is 38.7 Å². The van der Waals surface area contributed by atoms with Crippen molar-refractivity contribution in [2.24, 2.45) is 0 Å². The molecule has 6 nitrogen and oxygen atoms in total. The molecule has 3 aromatic carbocycles. The molecule has 2 amide bonds. The quantitative estimate of drug-likeness (QED) is 0.219. The molecule has 0 saturated heterocycles. The van der Waals surface area contributed by atoms with Crippen LogP contribution in [0.25, 0.3) is 0 Å². The third-order valence-electron chi connectivity index (χ3n) is 4.84. The van der Waals surface area contributed by atoms with Gasteiger partial charge in [-0.05, 0) is 48.0 Å². The number of benzene rings is 3. The second-order valence-electron chi connectivity index (χ2n) is 7.38. The van der Waals surface area contributed by atoms with Crippen LogP contribution in [-0.4, -0.2) is 28.6 Å². The lowest BCUT2D eigenvalue weighted by Crippen LogP contribution is -2.25. The third-order valence-corrected chi connectivity index (χ3v) is 7.63. The molecule has 0 atom stereocenters. The highest BCUT2D eigenvalue weighted by atomic mass is 79.9. The highest BCUT2D eigenvalue weighted by Crippen LogP contribution is 2.28. The van der Waals surface area contributed by atoms with Crippen LogP contribution in [0.2, 0.25) is 5.02 Å². The van der Waals surface area contributed by atoms with E-state index in [0.29, 0.717) is 34.2 Å². The van der Waals surface area contributed by atoms with Gasteiger partial charge < -0.3 is 5.32 Å². The van der Waals surface area contributed by atoms with E-state index in [1.807, 2.05) is 54.6 Å². The Morgan fingerprint density at radius 1 is 0.971 bits per heavy atom. The van der Waals surface area contributed by atoms with Gasteiger partial charge in [0.2, 0.25) is 5.13 Å². The summed E-state index contributed by atoms with van der Waals surface area (Å²) in [6.07, 6.45) is 0.515. The molecular weight excluding hydrogens is 568 g/mol. The fourth-order valence-electron chi connectivity index (χ4n) is 3.11. The minimum atomic E-state index is -0.241. The van der Waals surface area contributed by atoms with Crippen LogP contribution in [-0.2, 0) is 12.2 Å². The maximum atomic E-state index is 12.9. The summed E-state index contributed by atoms with van der Waals surface area (Å²) in [7, 11) is 0. The Bertz CT molecular complexity index is 1330. The van der Waals surface area contributed by atoms with E-state index in [0.717, 1.165) is 25.7 Å². The first-order valence-corrected chi connectivity index (χ1v) is 13.6. The summed E-state index contributed by atoms with van der Waals surface area (Å²) in [5, 5.41) is 15.8. The van der Waals surface area contributed by atoms with E-state index in [1.165, 1.54) is 11.3 Å². The molecule has 10 heteroatoms. The number of hydrogen-bond acceptors (Lipinski definition) is 6. The highest BCUT2D eigenvalue weighted by Gasteiger charge is 2.15. The number of thioether (sulfide) groups is 1. The highest BCUT2D eigenvalue weighted by molar-refractivity contribution is 9.10. The number of nitrogens with one attached hydrogen (secondary N) is 2. The summed E-state index contributed by atoms with van der Waals surface area (Å²) in [6.45, 7) is 0.415. The average Bonchev–Trinajstić information content (AvgIpc) is 3.30. The molecule has 178 valence electrons. The lowest BCUT2D eigenvalue weighted by atomic mass is 10.2. The summed E-state index contributed by atoms with van der Waals surface area (Å²) in [5.74, 6) is 0.322. The Morgan fingerprint density at radius 3 is 2.57 bits per heavy atom. The summed E-state index contributed by atoms with van der Waals surface area (Å²) in [6, 6.07) is 22.3. The Balaban J connectivity index is 1.31. The maximum absolute atomic E-state index is 12.9. The van der Waals surface area contributed by atoms with Gasteiger partial charge in [-0.25, -0.2) is 0 Å². The fraction of sp³-hybridized carbons (Fsp3) is 0.120. The first-order chi connectivity index (χ1) is 17.0. The Kier molecular flexibility index (Phi) is 8.92. The van der Waals surface area contributed by atoms with Gasteiger partial charge >= 0.3 is 0 Å². The van der Waals surface area contributed by atoms with E-state index in [2.05, 4.69) is 36.8 Å². The number of carbonyl (C=O) groups excluding carboxylic acids is 2. The van der Waals surface area contributed by atoms with Gasteiger partial charge in [0.1, 0.15) is 5.01 Å². The lowest BCUT2D eigenvalue weighted by Gasteiger charge is -2.08. The van der Waals surface area contributed by atoms with Gasteiger partial charge in [-0.1, -0.05) is 69.2 Å². The van der Waals surface area contributed by atoms with Gasteiger partial charge in [-0.2, -0.15) is 0 Å². The van der Waals surface area contributed by atoms with Crippen molar-refractivity contribution in [3.05, 3.63) is 104 Å². The molecule has 0 aliphatic heterocycles. The molecule has 35 heavy (non-hydrogen) atoms. The number of nitrogens with zero attached hydrogens (tertiary/aromatic N) is 2. The SMILES string of the molecule is O=C(NCCc1nnc(NC(=O)c2ccccc2SCc2ccc(Cl)cc2)s1)c1cccc(Br)c1. The smallest absolute Gasteiger partial charge is 0.258 e. The van der Waals surface area contributed by atoms with Crippen LogP contribution in [0.3, 0.4) is 0 Å². The fourth-order valence-corrected chi connectivity index (χ4v) is 5.37. The molecule has 0 aliphatic carbocycles. The van der Waals surface area contributed by atoms with Gasteiger partial charge in [-0.3, -0.25) is 14.9 Å². The number of rotatable bonds is 9. The maximum Gasteiger partial charge on any atom is 0.258 e. The topological polar surface area (TPSA) is 84.0 Å². The van der Waals surface area contributed by atoms with Crippen LogP contribution in [0.1, 0.15) is 31.3 Å². The van der Waals surface area contributed by atoms with Gasteiger partial charge in [0.25, 0.3) is 11.8 Å². The van der Waals surface area contributed by atoms with Crippen LogP contribution >= 0.6 is 50.6 Å². The molecule has 0 spiro atoms. The first-order valence-electron chi connectivity index (χ1n) is 10.6. The van der Waals surface area contributed by atoms with Crippen molar-refractivity contribution >= 4 is 67.6 Å². The molecular formula is C25H20BrClN4O2S2. The van der Waals surface area contributed by atoms with Crippen LogP contribution < -0.4 is 10.6 Å². The number of carbonyl (C=O) groups is 2. The van der Waals surface area contributed by atoms with E-state index in [-0.39, 0.29) is 11.8 Å². The first kappa shape index (κ1) is 25.4. The lowest BCUT2D eigenvalue weighted by molar-refractivity contribution is 0.0953. The molecule has 0 fully saturated rings. The average molecular weight is 588 g/mol. The summed E-state index contributed by atoms with van der Waals surface area (Å²) in [5.41, 5.74) is 2.28. The van der Waals surface area contributed by atoms with Crippen molar-refractivity contribution in [2.45, 2.75) is 17.1 Å².